The summed E-state index contributed by atoms with van der Waals surface area (Å²) in [6.45, 7) is 9.63. The number of esters is 1. The number of methoxy groups -OCH3 is 1. The van der Waals surface area contributed by atoms with Crippen LogP contribution in [-0.2, 0) is 16.0 Å². The lowest BCUT2D eigenvalue weighted by atomic mass is 9.95. The number of carbonyl (C=O) groups is 1. The van der Waals surface area contributed by atoms with Crippen LogP contribution >= 0.6 is 11.3 Å². The number of thiazole rings is 1. The Morgan fingerprint density at radius 2 is 1.97 bits per heavy atom. The van der Waals surface area contributed by atoms with Gasteiger partial charge in [0.05, 0.1) is 36.1 Å². The topological polar surface area (TPSA) is 99.4 Å². The first-order valence-electron chi connectivity index (χ1n) is 12.3. The normalized spacial score (nSPS) is 15.1. The standard InChI is InChI=1S/C29H30N2O6S/c1-6-11-19-14-18(15-22(26(19)32)36-7-2)16-23-27(33)31-25(20-12-9-10-13-21(20)35-5)24(28(34)37-8-3)17(4)30-29(31)38-23/h6,9-10,12-16,25,32H,1,7-8,11H2,2-5H3/b23-16+/t25-/m1/s1. The molecule has 0 aliphatic carbocycles. The number of hydrogen-bond donors (Lipinski definition) is 1. The lowest BCUT2D eigenvalue weighted by Crippen LogP contribution is -2.40. The van der Waals surface area contributed by atoms with Gasteiger partial charge in [-0.2, -0.15) is 0 Å². The van der Waals surface area contributed by atoms with E-state index in [9.17, 15) is 14.7 Å². The van der Waals surface area contributed by atoms with Gasteiger partial charge in [0.25, 0.3) is 5.56 Å². The second-order valence-corrected chi connectivity index (χ2v) is 9.51. The van der Waals surface area contributed by atoms with Gasteiger partial charge in [0.15, 0.2) is 16.3 Å². The molecular formula is C29H30N2O6S. The fourth-order valence-corrected chi connectivity index (χ4v) is 5.53. The molecular weight excluding hydrogens is 504 g/mol. The Hall–Kier alpha value is -4.11. The van der Waals surface area contributed by atoms with Gasteiger partial charge < -0.3 is 19.3 Å². The van der Waals surface area contributed by atoms with Crippen LogP contribution in [0.2, 0.25) is 0 Å². The lowest BCUT2D eigenvalue weighted by Gasteiger charge is -2.25. The van der Waals surface area contributed by atoms with Crippen LogP contribution in [0, 0.1) is 0 Å². The summed E-state index contributed by atoms with van der Waals surface area (Å²) in [4.78, 5) is 32.1. The van der Waals surface area contributed by atoms with Gasteiger partial charge in [-0.15, -0.1) is 6.58 Å². The summed E-state index contributed by atoms with van der Waals surface area (Å²) >= 11 is 1.22. The largest absolute Gasteiger partial charge is 0.504 e. The molecule has 0 fully saturated rings. The SMILES string of the molecule is C=CCc1cc(/C=c2/sc3n(c2=O)[C@H](c2ccccc2OC)C(C(=O)OCC)=C(C)N=3)cc(OCC)c1O. The summed E-state index contributed by atoms with van der Waals surface area (Å²) in [6, 6.07) is 9.98. The molecule has 1 N–H and O–H groups in total. The highest BCUT2D eigenvalue weighted by molar-refractivity contribution is 7.07. The minimum atomic E-state index is -0.779. The predicted octanol–water partition coefficient (Wildman–Crippen LogP) is 3.64. The van der Waals surface area contributed by atoms with Crippen molar-refractivity contribution in [2.24, 2.45) is 4.99 Å². The van der Waals surface area contributed by atoms with Crippen LogP contribution in [0.1, 0.15) is 43.5 Å². The van der Waals surface area contributed by atoms with E-state index in [4.69, 9.17) is 14.2 Å². The number of phenols is 1. The molecule has 2 heterocycles. The van der Waals surface area contributed by atoms with Crippen molar-refractivity contribution >= 4 is 23.4 Å². The molecule has 0 bridgehead atoms. The third kappa shape index (κ3) is 5.02. The Bertz CT molecular complexity index is 1600. The van der Waals surface area contributed by atoms with E-state index in [1.165, 1.54) is 15.9 Å². The maximum atomic E-state index is 13.9. The molecule has 8 nitrogen and oxygen atoms in total. The Labute approximate surface area is 224 Å². The predicted molar refractivity (Wildman–Crippen MR) is 147 cm³/mol. The van der Waals surface area contributed by atoms with Gasteiger partial charge >= 0.3 is 5.97 Å². The molecule has 198 valence electrons. The number of allylic oxidation sites excluding steroid dienone is 2. The monoisotopic (exact) mass is 534 g/mol. The molecule has 1 aliphatic heterocycles. The van der Waals surface area contributed by atoms with E-state index >= 15 is 0 Å². The zero-order valence-electron chi connectivity index (χ0n) is 21.8. The number of nitrogens with zero attached hydrogens (tertiary/aromatic N) is 2. The molecule has 0 saturated carbocycles. The number of fused-ring (bicyclic) bond motifs is 1. The van der Waals surface area contributed by atoms with Crippen molar-refractivity contribution in [3.8, 4) is 17.2 Å². The van der Waals surface area contributed by atoms with Gasteiger partial charge in [-0.25, -0.2) is 9.79 Å². The van der Waals surface area contributed by atoms with Crippen LogP contribution in [0.5, 0.6) is 17.2 Å². The van der Waals surface area contributed by atoms with E-state index in [-0.39, 0.29) is 23.5 Å². The van der Waals surface area contributed by atoms with E-state index in [2.05, 4.69) is 11.6 Å². The smallest absolute Gasteiger partial charge is 0.338 e. The molecule has 1 atom stereocenters. The maximum Gasteiger partial charge on any atom is 0.338 e. The van der Waals surface area contributed by atoms with Crippen molar-refractivity contribution in [1.29, 1.82) is 0 Å². The summed E-state index contributed by atoms with van der Waals surface area (Å²) < 4.78 is 18.5. The number of aromatic hydroxyl groups is 1. The van der Waals surface area contributed by atoms with Crippen molar-refractivity contribution in [2.75, 3.05) is 20.3 Å². The quantitative estimate of drug-likeness (QED) is 0.333. The van der Waals surface area contributed by atoms with Crippen molar-refractivity contribution in [1.82, 2.24) is 4.57 Å². The van der Waals surface area contributed by atoms with Crippen LogP contribution in [0.3, 0.4) is 0 Å². The summed E-state index contributed by atoms with van der Waals surface area (Å²) in [6.07, 6.45) is 3.86. The molecule has 0 amide bonds. The Balaban J connectivity index is 1.97. The van der Waals surface area contributed by atoms with E-state index in [0.29, 0.717) is 56.2 Å². The first-order chi connectivity index (χ1) is 18.3. The summed E-state index contributed by atoms with van der Waals surface area (Å²) in [5.41, 5.74) is 2.42. The number of benzene rings is 2. The molecule has 9 heteroatoms. The zero-order chi connectivity index (χ0) is 27.4. The second kappa shape index (κ2) is 11.5. The molecule has 0 spiro atoms. The number of para-hydroxylation sites is 1. The third-order valence-corrected chi connectivity index (χ3v) is 7.07. The molecule has 0 saturated heterocycles. The highest BCUT2D eigenvalue weighted by Crippen LogP contribution is 2.36. The molecule has 0 unspecified atom stereocenters. The van der Waals surface area contributed by atoms with Gasteiger partial charge in [-0.05, 0) is 57.0 Å². The van der Waals surface area contributed by atoms with Crippen molar-refractivity contribution in [3.05, 3.63) is 96.7 Å². The average molecular weight is 535 g/mol. The summed E-state index contributed by atoms with van der Waals surface area (Å²) in [5, 5.41) is 10.6. The molecule has 1 aliphatic rings. The van der Waals surface area contributed by atoms with E-state index in [1.54, 1.807) is 51.3 Å². The highest BCUT2D eigenvalue weighted by Gasteiger charge is 2.34. The fourth-order valence-electron chi connectivity index (χ4n) is 4.48. The van der Waals surface area contributed by atoms with Gasteiger partial charge in [0, 0.05) is 11.1 Å². The highest BCUT2D eigenvalue weighted by atomic mass is 32.1. The number of rotatable bonds is 9. The Morgan fingerprint density at radius 1 is 1.21 bits per heavy atom. The first-order valence-corrected chi connectivity index (χ1v) is 13.1. The van der Waals surface area contributed by atoms with Crippen LogP contribution in [0.15, 0.2) is 70.1 Å². The molecule has 4 rings (SSSR count). The lowest BCUT2D eigenvalue weighted by molar-refractivity contribution is -0.139. The van der Waals surface area contributed by atoms with Crippen molar-refractivity contribution < 1.29 is 24.1 Å². The van der Waals surface area contributed by atoms with E-state index in [1.807, 2.05) is 25.1 Å². The Morgan fingerprint density at radius 3 is 2.66 bits per heavy atom. The maximum absolute atomic E-state index is 13.9. The van der Waals surface area contributed by atoms with Crippen LogP contribution in [-0.4, -0.2) is 36.0 Å². The van der Waals surface area contributed by atoms with Crippen LogP contribution < -0.4 is 24.4 Å². The molecule has 0 radical (unpaired) electrons. The van der Waals surface area contributed by atoms with Gasteiger partial charge in [0.1, 0.15) is 11.8 Å². The van der Waals surface area contributed by atoms with Crippen molar-refractivity contribution in [3.63, 3.8) is 0 Å². The molecule has 38 heavy (non-hydrogen) atoms. The number of ether oxygens (including phenoxy) is 3. The second-order valence-electron chi connectivity index (χ2n) is 8.50. The van der Waals surface area contributed by atoms with E-state index in [0.717, 1.165) is 0 Å². The minimum Gasteiger partial charge on any atom is -0.504 e. The van der Waals surface area contributed by atoms with Crippen LogP contribution in [0.4, 0.5) is 0 Å². The Kier molecular flexibility index (Phi) is 8.16. The van der Waals surface area contributed by atoms with E-state index < -0.39 is 12.0 Å². The molecule has 1 aromatic heterocycles. The summed E-state index contributed by atoms with van der Waals surface area (Å²) in [7, 11) is 1.55. The number of carbonyl (C=O) groups excluding carboxylic acids is 1. The van der Waals surface area contributed by atoms with Gasteiger partial charge in [-0.1, -0.05) is 35.6 Å². The average Bonchev–Trinajstić information content (AvgIpc) is 3.20. The summed E-state index contributed by atoms with van der Waals surface area (Å²) in [5.74, 6) is 0.389. The number of aromatic nitrogens is 1. The first kappa shape index (κ1) is 26.9. The zero-order valence-corrected chi connectivity index (χ0v) is 22.6. The van der Waals surface area contributed by atoms with Gasteiger partial charge in [-0.3, -0.25) is 9.36 Å². The minimum absolute atomic E-state index is 0.0521. The number of hydrogen-bond acceptors (Lipinski definition) is 8. The molecule has 3 aromatic rings. The van der Waals surface area contributed by atoms with Crippen molar-refractivity contribution in [2.45, 2.75) is 33.2 Å². The third-order valence-electron chi connectivity index (χ3n) is 6.09. The van der Waals surface area contributed by atoms with Crippen LogP contribution in [0.25, 0.3) is 6.08 Å². The van der Waals surface area contributed by atoms with Gasteiger partial charge in [0.2, 0.25) is 0 Å². The number of phenolic OH excluding ortho intramolecular Hbond substituents is 1. The fraction of sp³-hybridized carbons (Fsp3) is 0.276. The molecule has 2 aromatic carbocycles.